The van der Waals surface area contributed by atoms with Gasteiger partial charge in [0, 0.05) is 24.7 Å². The van der Waals surface area contributed by atoms with Gasteiger partial charge >= 0.3 is 0 Å². The molecule has 4 nitrogen and oxygen atoms in total. The highest BCUT2D eigenvalue weighted by Crippen LogP contribution is 2.32. The van der Waals surface area contributed by atoms with E-state index in [4.69, 9.17) is 0 Å². The van der Waals surface area contributed by atoms with Gasteiger partial charge in [-0.2, -0.15) is 0 Å². The molecule has 104 valence electrons. The summed E-state index contributed by atoms with van der Waals surface area (Å²) in [6.45, 7) is 3.60. The maximum absolute atomic E-state index is 12.5. The molecule has 0 radical (unpaired) electrons. The molecule has 2 heterocycles. The average Bonchev–Trinajstić information content (AvgIpc) is 3.31. The normalized spacial score (nSPS) is 14.4. The van der Waals surface area contributed by atoms with Gasteiger partial charge in [-0.05, 0) is 31.4 Å². The zero-order valence-corrected chi connectivity index (χ0v) is 11.7. The molecule has 0 saturated heterocycles. The number of amides is 1. The van der Waals surface area contributed by atoms with E-state index in [9.17, 15) is 4.79 Å². The van der Waals surface area contributed by atoms with Crippen molar-refractivity contribution in [1.82, 2.24) is 14.9 Å². The van der Waals surface area contributed by atoms with Gasteiger partial charge < -0.3 is 4.90 Å². The number of hydrogen-bond donors (Lipinski definition) is 0. The van der Waals surface area contributed by atoms with Gasteiger partial charge in [-0.15, -0.1) is 0 Å². The molecular formula is C16H19N3O. The minimum atomic E-state index is 0.0268. The number of carbonyl (C=O) groups excluding carboxylic acids is 1. The van der Waals surface area contributed by atoms with Crippen molar-refractivity contribution in [1.29, 1.82) is 0 Å². The fourth-order valence-corrected chi connectivity index (χ4v) is 2.40. The minimum absolute atomic E-state index is 0.0268. The molecule has 0 atom stereocenters. The Bertz CT molecular complexity index is 622. The van der Waals surface area contributed by atoms with Crippen molar-refractivity contribution in [2.45, 2.75) is 26.2 Å². The van der Waals surface area contributed by atoms with Crippen LogP contribution in [0.1, 0.15) is 36.7 Å². The van der Waals surface area contributed by atoms with Crippen LogP contribution >= 0.6 is 0 Å². The van der Waals surface area contributed by atoms with Crippen molar-refractivity contribution in [3.8, 4) is 0 Å². The first kappa shape index (κ1) is 13.0. The molecule has 3 rings (SSSR count). The van der Waals surface area contributed by atoms with Crippen LogP contribution < -0.4 is 0 Å². The summed E-state index contributed by atoms with van der Waals surface area (Å²) in [6.07, 6.45) is 7.21. The topological polar surface area (TPSA) is 46.1 Å². The molecule has 1 saturated carbocycles. The summed E-state index contributed by atoms with van der Waals surface area (Å²) in [5, 5.41) is 1.01. The van der Waals surface area contributed by atoms with Crippen LogP contribution in [0.3, 0.4) is 0 Å². The standard InChI is InChI=1S/C16H19N3O/c1-2-19(10-8-12-3-4-12)16(20)14-6-5-13-7-9-17-11-15(13)18-14/h5-7,9,11-12H,2-4,8,10H2,1H3. The van der Waals surface area contributed by atoms with Gasteiger partial charge in [-0.25, -0.2) is 4.98 Å². The predicted molar refractivity (Wildman–Crippen MR) is 78.5 cm³/mol. The zero-order valence-electron chi connectivity index (χ0n) is 11.7. The van der Waals surface area contributed by atoms with Crippen molar-refractivity contribution < 1.29 is 4.79 Å². The quantitative estimate of drug-likeness (QED) is 0.838. The summed E-state index contributed by atoms with van der Waals surface area (Å²) in [5.41, 5.74) is 1.29. The van der Waals surface area contributed by atoms with Gasteiger partial charge in [0.25, 0.3) is 5.91 Å². The molecule has 20 heavy (non-hydrogen) atoms. The van der Waals surface area contributed by atoms with Gasteiger partial charge in [0.15, 0.2) is 0 Å². The second-order valence-corrected chi connectivity index (χ2v) is 5.38. The van der Waals surface area contributed by atoms with Gasteiger partial charge in [0.05, 0.1) is 11.7 Å². The molecule has 0 bridgehead atoms. The summed E-state index contributed by atoms with van der Waals surface area (Å²) in [4.78, 5) is 22.9. The van der Waals surface area contributed by atoms with Gasteiger partial charge in [0.1, 0.15) is 5.69 Å². The predicted octanol–water partition coefficient (Wildman–Crippen LogP) is 2.89. The minimum Gasteiger partial charge on any atom is -0.338 e. The molecule has 4 heteroatoms. The number of pyridine rings is 2. The van der Waals surface area contributed by atoms with E-state index in [2.05, 4.69) is 9.97 Å². The van der Waals surface area contributed by atoms with E-state index in [0.29, 0.717) is 5.69 Å². The molecule has 1 amide bonds. The van der Waals surface area contributed by atoms with Crippen LogP contribution in [0.25, 0.3) is 10.9 Å². The lowest BCUT2D eigenvalue weighted by atomic mass is 10.2. The van der Waals surface area contributed by atoms with Crippen molar-refractivity contribution in [2.24, 2.45) is 5.92 Å². The molecule has 0 N–H and O–H groups in total. The van der Waals surface area contributed by atoms with E-state index in [1.54, 1.807) is 12.4 Å². The maximum atomic E-state index is 12.5. The lowest BCUT2D eigenvalue weighted by Crippen LogP contribution is -2.32. The number of carbonyl (C=O) groups is 1. The molecule has 1 aliphatic carbocycles. The molecule has 0 aromatic carbocycles. The third-order valence-electron chi connectivity index (χ3n) is 3.89. The zero-order chi connectivity index (χ0) is 13.9. The monoisotopic (exact) mass is 269 g/mol. The smallest absolute Gasteiger partial charge is 0.272 e. The summed E-state index contributed by atoms with van der Waals surface area (Å²) in [6, 6.07) is 5.65. The Labute approximate surface area is 118 Å². The van der Waals surface area contributed by atoms with E-state index < -0.39 is 0 Å². The summed E-state index contributed by atoms with van der Waals surface area (Å²) >= 11 is 0. The molecule has 0 aliphatic heterocycles. The average molecular weight is 269 g/mol. The fraction of sp³-hybridized carbons (Fsp3) is 0.438. The van der Waals surface area contributed by atoms with Crippen LogP contribution in [0.4, 0.5) is 0 Å². The van der Waals surface area contributed by atoms with Crippen LogP contribution in [0.2, 0.25) is 0 Å². The highest BCUT2D eigenvalue weighted by atomic mass is 16.2. The number of rotatable bonds is 5. The molecule has 1 aliphatic rings. The van der Waals surface area contributed by atoms with Crippen molar-refractivity contribution in [3.63, 3.8) is 0 Å². The molecule has 2 aromatic heterocycles. The highest BCUT2D eigenvalue weighted by Gasteiger charge is 2.23. The van der Waals surface area contributed by atoms with E-state index in [0.717, 1.165) is 36.3 Å². The first-order chi connectivity index (χ1) is 9.78. The SMILES string of the molecule is CCN(CCC1CC1)C(=O)c1ccc2ccncc2n1. The van der Waals surface area contributed by atoms with Crippen LogP contribution in [0.5, 0.6) is 0 Å². The summed E-state index contributed by atoms with van der Waals surface area (Å²) < 4.78 is 0. The Kier molecular flexibility index (Phi) is 3.63. The Morgan fingerprint density at radius 3 is 2.95 bits per heavy atom. The third-order valence-corrected chi connectivity index (χ3v) is 3.89. The van der Waals surface area contributed by atoms with Crippen molar-refractivity contribution in [3.05, 3.63) is 36.3 Å². The van der Waals surface area contributed by atoms with Gasteiger partial charge in [-0.3, -0.25) is 9.78 Å². The lowest BCUT2D eigenvalue weighted by Gasteiger charge is -2.20. The van der Waals surface area contributed by atoms with Crippen molar-refractivity contribution >= 4 is 16.8 Å². The first-order valence-electron chi connectivity index (χ1n) is 7.28. The molecular weight excluding hydrogens is 250 g/mol. The Hall–Kier alpha value is -1.97. The Morgan fingerprint density at radius 2 is 2.20 bits per heavy atom. The summed E-state index contributed by atoms with van der Waals surface area (Å²) in [5.74, 6) is 0.865. The van der Waals surface area contributed by atoms with Gasteiger partial charge in [0.2, 0.25) is 0 Å². The van der Waals surface area contributed by atoms with Crippen LogP contribution in [0.15, 0.2) is 30.6 Å². The number of fused-ring (bicyclic) bond motifs is 1. The first-order valence-corrected chi connectivity index (χ1v) is 7.28. The molecule has 0 unspecified atom stereocenters. The Balaban J connectivity index is 1.78. The van der Waals surface area contributed by atoms with Crippen LogP contribution in [-0.2, 0) is 0 Å². The third kappa shape index (κ3) is 2.79. The Morgan fingerprint density at radius 1 is 1.35 bits per heavy atom. The number of aromatic nitrogens is 2. The lowest BCUT2D eigenvalue weighted by molar-refractivity contribution is 0.0755. The molecule has 1 fully saturated rings. The van der Waals surface area contributed by atoms with Gasteiger partial charge in [-0.1, -0.05) is 18.9 Å². The van der Waals surface area contributed by atoms with Crippen LogP contribution in [0, 0.1) is 5.92 Å². The molecule has 2 aromatic rings. The van der Waals surface area contributed by atoms with E-state index in [1.165, 1.54) is 12.8 Å². The number of nitrogens with zero attached hydrogens (tertiary/aromatic N) is 3. The van der Waals surface area contributed by atoms with Crippen LogP contribution in [-0.4, -0.2) is 33.9 Å². The number of hydrogen-bond acceptors (Lipinski definition) is 3. The highest BCUT2D eigenvalue weighted by molar-refractivity contribution is 5.94. The van der Waals surface area contributed by atoms with E-state index in [1.807, 2.05) is 30.0 Å². The second kappa shape index (κ2) is 5.57. The second-order valence-electron chi connectivity index (χ2n) is 5.38. The van der Waals surface area contributed by atoms with E-state index >= 15 is 0 Å². The van der Waals surface area contributed by atoms with E-state index in [-0.39, 0.29) is 5.91 Å². The fourth-order valence-electron chi connectivity index (χ4n) is 2.40. The maximum Gasteiger partial charge on any atom is 0.272 e. The summed E-state index contributed by atoms with van der Waals surface area (Å²) in [7, 11) is 0. The molecule has 0 spiro atoms. The van der Waals surface area contributed by atoms with Crippen molar-refractivity contribution in [2.75, 3.05) is 13.1 Å². The largest absolute Gasteiger partial charge is 0.338 e.